The molecule has 2 unspecified atom stereocenters. The Bertz CT molecular complexity index is 375. The van der Waals surface area contributed by atoms with Gasteiger partial charge < -0.3 is 15.9 Å². The van der Waals surface area contributed by atoms with E-state index in [1.807, 2.05) is 18.2 Å². The molecule has 0 amide bonds. The Balaban J connectivity index is 2.60. The van der Waals surface area contributed by atoms with Crippen LogP contribution in [0.3, 0.4) is 0 Å². The van der Waals surface area contributed by atoms with E-state index in [1.165, 1.54) is 11.8 Å². The zero-order chi connectivity index (χ0) is 13.4. The normalized spacial score (nSPS) is 13.9. The molecule has 0 aliphatic rings. The number of benzene rings is 1. The van der Waals surface area contributed by atoms with E-state index in [9.17, 15) is 5.11 Å². The predicted molar refractivity (Wildman–Crippen MR) is 75.7 cm³/mol. The Morgan fingerprint density at radius 1 is 1.33 bits per heavy atom. The summed E-state index contributed by atoms with van der Waals surface area (Å²) in [5.41, 5.74) is 1.57. The maximum Gasteiger partial charge on any atom is 0.0913 e. The van der Waals surface area contributed by atoms with E-state index < -0.39 is 6.10 Å². The molecule has 0 spiro atoms. The van der Waals surface area contributed by atoms with Gasteiger partial charge in [-0.3, -0.25) is 0 Å². The van der Waals surface area contributed by atoms with Crippen LogP contribution in [0.15, 0.2) is 30.3 Å². The average molecular weight is 246 g/mol. The lowest BCUT2D eigenvalue weighted by Gasteiger charge is -2.19. The summed E-state index contributed by atoms with van der Waals surface area (Å²) in [5.74, 6) is 0.323. The largest absolute Gasteiger partial charge is 0.387 e. The molecule has 18 heavy (non-hydrogen) atoms. The third-order valence-electron chi connectivity index (χ3n) is 3.14. The summed E-state index contributed by atoms with van der Waals surface area (Å²) in [7, 11) is 0. The van der Waals surface area contributed by atoms with Gasteiger partial charge in [0.2, 0.25) is 0 Å². The lowest BCUT2D eigenvalue weighted by molar-refractivity contribution is 0.199. The maximum absolute atomic E-state index is 9.79. The van der Waals surface area contributed by atoms with Crippen molar-refractivity contribution in [3.8, 4) is 0 Å². The first kappa shape index (κ1) is 14.6. The molecule has 1 rings (SSSR count). The van der Waals surface area contributed by atoms with E-state index in [0.29, 0.717) is 18.1 Å². The fraction of sp³-hybridized carbons (Fsp3) is 0.467. The molecule has 1 aromatic carbocycles. The second kappa shape index (κ2) is 7.77. The Kier molecular flexibility index (Phi) is 6.29. The molecule has 3 nitrogen and oxygen atoms in total. The fourth-order valence-electron chi connectivity index (χ4n) is 2.06. The van der Waals surface area contributed by atoms with Crippen LogP contribution >= 0.6 is 0 Å². The van der Waals surface area contributed by atoms with Gasteiger partial charge in [-0.05, 0) is 50.3 Å². The molecule has 98 valence electrons. The highest BCUT2D eigenvalue weighted by Crippen LogP contribution is 2.19. The van der Waals surface area contributed by atoms with E-state index >= 15 is 0 Å². The quantitative estimate of drug-likeness (QED) is 0.606. The molecule has 0 fully saturated rings. The van der Waals surface area contributed by atoms with Crippen LogP contribution in [0.5, 0.6) is 0 Å². The predicted octanol–water partition coefficient (Wildman–Crippen LogP) is 3.07. The van der Waals surface area contributed by atoms with Gasteiger partial charge in [-0.25, -0.2) is 0 Å². The number of hydrogen-bond donors (Lipinski definition) is 3. The first-order chi connectivity index (χ1) is 8.63. The molecule has 3 heteroatoms. The smallest absolute Gasteiger partial charge is 0.0913 e. The van der Waals surface area contributed by atoms with Gasteiger partial charge in [0.05, 0.1) is 6.10 Å². The Morgan fingerprint density at radius 3 is 2.56 bits per heavy atom. The number of aliphatic hydroxyl groups is 1. The van der Waals surface area contributed by atoms with Crippen LogP contribution in [0.4, 0.5) is 0 Å². The van der Waals surface area contributed by atoms with Crippen molar-refractivity contribution in [1.29, 1.82) is 10.8 Å². The van der Waals surface area contributed by atoms with E-state index in [2.05, 4.69) is 12.1 Å². The van der Waals surface area contributed by atoms with Gasteiger partial charge in [-0.2, -0.15) is 0 Å². The average Bonchev–Trinajstić information content (AvgIpc) is 2.37. The minimum absolute atomic E-state index is 0.322. The van der Waals surface area contributed by atoms with Crippen molar-refractivity contribution in [3.63, 3.8) is 0 Å². The van der Waals surface area contributed by atoms with Crippen LogP contribution < -0.4 is 0 Å². The van der Waals surface area contributed by atoms with Crippen LogP contribution in [0.1, 0.15) is 31.7 Å². The van der Waals surface area contributed by atoms with Crippen LogP contribution in [-0.2, 0) is 6.42 Å². The molecule has 2 atom stereocenters. The third-order valence-corrected chi connectivity index (χ3v) is 3.14. The minimum atomic E-state index is -0.649. The Labute approximate surface area is 109 Å². The molecular weight excluding hydrogens is 224 g/mol. The van der Waals surface area contributed by atoms with E-state index in [0.717, 1.165) is 19.3 Å². The summed E-state index contributed by atoms with van der Waals surface area (Å²) in [6, 6.07) is 10.2. The molecule has 0 bridgehead atoms. The highest BCUT2D eigenvalue weighted by molar-refractivity contribution is 5.82. The van der Waals surface area contributed by atoms with Gasteiger partial charge in [0.25, 0.3) is 0 Å². The molecule has 0 saturated carbocycles. The lowest BCUT2D eigenvalue weighted by Crippen LogP contribution is -2.22. The summed E-state index contributed by atoms with van der Waals surface area (Å²) in [5, 5.41) is 24.4. The van der Waals surface area contributed by atoms with Crippen molar-refractivity contribution in [2.24, 2.45) is 5.92 Å². The zero-order valence-corrected chi connectivity index (χ0v) is 10.9. The van der Waals surface area contributed by atoms with Gasteiger partial charge >= 0.3 is 0 Å². The van der Waals surface area contributed by atoms with Crippen molar-refractivity contribution < 1.29 is 5.11 Å². The zero-order valence-electron chi connectivity index (χ0n) is 10.9. The molecule has 0 heterocycles. The SMILES string of the molecule is CC(=N)C(O)CC(CCC=N)Cc1ccccc1. The van der Waals surface area contributed by atoms with E-state index in [4.69, 9.17) is 10.8 Å². The molecule has 0 aliphatic heterocycles. The van der Waals surface area contributed by atoms with E-state index in [1.54, 1.807) is 6.92 Å². The van der Waals surface area contributed by atoms with Gasteiger partial charge in [0.15, 0.2) is 0 Å². The summed E-state index contributed by atoms with van der Waals surface area (Å²) in [6.45, 7) is 1.64. The summed E-state index contributed by atoms with van der Waals surface area (Å²) in [4.78, 5) is 0. The fourth-order valence-corrected chi connectivity index (χ4v) is 2.06. The molecule has 0 saturated heterocycles. The summed E-state index contributed by atoms with van der Waals surface area (Å²) < 4.78 is 0. The standard InChI is InChI=1S/C15H22N2O/c1-12(17)15(18)11-14(8-5-9-16)10-13-6-3-2-4-7-13/h2-4,6-7,9,14-18H,5,8,10-11H2,1H3. The van der Waals surface area contributed by atoms with Crippen LogP contribution in [0.2, 0.25) is 0 Å². The highest BCUT2D eigenvalue weighted by atomic mass is 16.3. The number of hydrogen-bond acceptors (Lipinski definition) is 3. The van der Waals surface area contributed by atoms with Crippen LogP contribution in [0.25, 0.3) is 0 Å². The lowest BCUT2D eigenvalue weighted by atomic mass is 9.89. The molecule has 3 N–H and O–H groups in total. The summed E-state index contributed by atoms with van der Waals surface area (Å²) in [6.07, 6.45) is 3.91. The first-order valence-electron chi connectivity index (χ1n) is 6.39. The van der Waals surface area contributed by atoms with Gasteiger partial charge in [0.1, 0.15) is 0 Å². The number of nitrogens with one attached hydrogen (secondary N) is 2. The Hall–Kier alpha value is -1.48. The summed E-state index contributed by atoms with van der Waals surface area (Å²) >= 11 is 0. The van der Waals surface area contributed by atoms with Crippen molar-refractivity contribution in [1.82, 2.24) is 0 Å². The second-order valence-electron chi connectivity index (χ2n) is 4.77. The minimum Gasteiger partial charge on any atom is -0.387 e. The third kappa shape index (κ3) is 5.23. The van der Waals surface area contributed by atoms with Crippen LogP contribution in [0, 0.1) is 16.7 Å². The van der Waals surface area contributed by atoms with Gasteiger partial charge in [0, 0.05) is 5.71 Å². The van der Waals surface area contributed by atoms with Crippen molar-refractivity contribution >= 4 is 11.9 Å². The maximum atomic E-state index is 9.79. The van der Waals surface area contributed by atoms with Gasteiger partial charge in [-0.1, -0.05) is 30.3 Å². The van der Waals surface area contributed by atoms with Crippen molar-refractivity contribution in [2.45, 2.75) is 38.7 Å². The Morgan fingerprint density at radius 2 is 2.00 bits per heavy atom. The van der Waals surface area contributed by atoms with Crippen molar-refractivity contribution in [3.05, 3.63) is 35.9 Å². The molecule has 1 aromatic rings. The number of rotatable bonds is 8. The van der Waals surface area contributed by atoms with Crippen molar-refractivity contribution in [2.75, 3.05) is 0 Å². The van der Waals surface area contributed by atoms with E-state index in [-0.39, 0.29) is 0 Å². The van der Waals surface area contributed by atoms with Crippen LogP contribution in [-0.4, -0.2) is 23.1 Å². The molecule has 0 radical (unpaired) electrons. The highest BCUT2D eigenvalue weighted by Gasteiger charge is 2.16. The topological polar surface area (TPSA) is 67.9 Å². The monoisotopic (exact) mass is 246 g/mol. The first-order valence-corrected chi connectivity index (χ1v) is 6.39. The number of aliphatic hydroxyl groups excluding tert-OH is 1. The van der Waals surface area contributed by atoms with Gasteiger partial charge in [-0.15, -0.1) is 0 Å². The molecule has 0 aromatic heterocycles. The molecular formula is C15H22N2O. The second-order valence-corrected chi connectivity index (χ2v) is 4.77. The molecule has 0 aliphatic carbocycles.